The molecular formula is C61H57NOS. The lowest BCUT2D eigenvalue weighted by Crippen LogP contribution is -2.39. The molecule has 4 aromatic carbocycles. The molecular weight excluding hydrogens is 795 g/mol. The maximum atomic E-state index is 6.75. The summed E-state index contributed by atoms with van der Waals surface area (Å²) in [6, 6.07) is 37.9. The molecule has 0 saturated carbocycles. The van der Waals surface area contributed by atoms with Gasteiger partial charge in [0.25, 0.3) is 0 Å². The first-order chi connectivity index (χ1) is 31.7. The first-order valence-electron chi connectivity index (χ1n) is 24.6. The molecule has 0 amide bonds. The Hall–Kier alpha value is -5.64. The Bertz CT molecular complexity index is 2940. The standard InChI is InChI=1S/C61H57NOS/c1-4-15-40(16-5-1)41-27-31-45(32-28-41)62(46-33-29-42(30-34-46)48-23-14-24-51-49-21-10-12-25-56(49)63-59(48)51)47-35-36-53-55(39-47)61(43-17-6-2-7-18-43,44-19-8-3-9-20-44)54-38-37-52-50-22-11-13-26-57(50)64-60(52)58(53)54/h1-2,4-7,11-13,15-17,19,22,24-26,29-31,33-36,39,41,43,48,59H,3,8-10,14,18,20-21,23,27-28,32,37-38H2. The van der Waals surface area contributed by atoms with Crippen LogP contribution in [0.5, 0.6) is 0 Å². The summed E-state index contributed by atoms with van der Waals surface area (Å²) >= 11 is 2.04. The fourth-order valence-electron chi connectivity index (χ4n) is 13.5. The molecule has 7 aliphatic carbocycles. The zero-order valence-corrected chi connectivity index (χ0v) is 37.7. The van der Waals surface area contributed by atoms with E-state index in [-0.39, 0.29) is 11.5 Å². The average molecular weight is 852 g/mol. The number of ether oxygens (including phenoxy) is 1. The second-order valence-electron chi connectivity index (χ2n) is 19.6. The molecule has 13 rings (SSSR count). The molecule has 318 valence electrons. The zero-order valence-electron chi connectivity index (χ0n) is 36.9. The number of rotatable bonds is 7. The quantitative estimate of drug-likeness (QED) is 0.151. The fourth-order valence-corrected chi connectivity index (χ4v) is 14.8. The summed E-state index contributed by atoms with van der Waals surface area (Å²) in [6.07, 6.45) is 38.0. The van der Waals surface area contributed by atoms with Gasteiger partial charge in [0.2, 0.25) is 0 Å². The fraction of sp³-hybridized carbons (Fsp3) is 0.311. The molecule has 2 heterocycles. The van der Waals surface area contributed by atoms with Crippen LogP contribution in [0.4, 0.5) is 11.4 Å². The highest BCUT2D eigenvalue weighted by atomic mass is 32.1. The Morgan fingerprint density at radius 2 is 1.58 bits per heavy atom. The van der Waals surface area contributed by atoms with Crippen LogP contribution < -0.4 is 4.90 Å². The summed E-state index contributed by atoms with van der Waals surface area (Å²) in [5, 5.41) is 1.46. The predicted octanol–water partition coefficient (Wildman–Crippen LogP) is 16.3. The van der Waals surface area contributed by atoms with E-state index in [1.807, 2.05) is 11.3 Å². The highest BCUT2D eigenvalue weighted by Gasteiger charge is 2.53. The average Bonchev–Trinajstić information content (AvgIpc) is 4.04. The van der Waals surface area contributed by atoms with Crippen LogP contribution >= 0.6 is 11.3 Å². The van der Waals surface area contributed by atoms with E-state index >= 15 is 0 Å². The number of hydrogen-bond donors (Lipinski definition) is 0. The first kappa shape index (κ1) is 38.8. The van der Waals surface area contributed by atoms with Gasteiger partial charge >= 0.3 is 0 Å². The van der Waals surface area contributed by atoms with Gasteiger partial charge in [0.1, 0.15) is 11.9 Å². The van der Waals surface area contributed by atoms with Gasteiger partial charge in [0.15, 0.2) is 0 Å². The van der Waals surface area contributed by atoms with Crippen molar-refractivity contribution in [3.63, 3.8) is 0 Å². The van der Waals surface area contributed by atoms with E-state index in [2.05, 4.69) is 157 Å². The molecule has 1 aliphatic heterocycles. The Kier molecular flexibility index (Phi) is 9.58. The van der Waals surface area contributed by atoms with Gasteiger partial charge in [-0.2, -0.15) is 0 Å². The Labute approximate surface area is 383 Å². The van der Waals surface area contributed by atoms with Gasteiger partial charge in [-0.15, -0.1) is 11.3 Å². The van der Waals surface area contributed by atoms with Gasteiger partial charge in [-0.1, -0.05) is 121 Å². The van der Waals surface area contributed by atoms with Gasteiger partial charge in [-0.3, -0.25) is 0 Å². The molecule has 5 unspecified atom stereocenters. The Morgan fingerprint density at radius 1 is 0.688 bits per heavy atom. The van der Waals surface area contributed by atoms with Crippen LogP contribution in [0.15, 0.2) is 185 Å². The smallest absolute Gasteiger partial charge is 0.131 e. The summed E-state index contributed by atoms with van der Waals surface area (Å²) in [7, 11) is 0. The predicted molar refractivity (Wildman–Crippen MR) is 267 cm³/mol. The molecule has 8 aliphatic rings. The molecule has 0 spiro atoms. The van der Waals surface area contributed by atoms with E-state index in [9.17, 15) is 0 Å². The van der Waals surface area contributed by atoms with Crippen molar-refractivity contribution in [2.45, 2.75) is 113 Å². The first-order valence-corrected chi connectivity index (χ1v) is 25.4. The minimum atomic E-state index is -0.152. The Morgan fingerprint density at radius 3 is 2.42 bits per heavy atom. The zero-order chi connectivity index (χ0) is 42.2. The molecule has 1 aromatic heterocycles. The highest BCUT2D eigenvalue weighted by Crippen LogP contribution is 2.64. The summed E-state index contributed by atoms with van der Waals surface area (Å²) in [5.74, 6) is 2.41. The second-order valence-corrected chi connectivity index (χ2v) is 20.6. The van der Waals surface area contributed by atoms with E-state index in [1.54, 1.807) is 27.8 Å². The molecule has 0 N–H and O–H groups in total. The number of thiophene rings is 1. The summed E-state index contributed by atoms with van der Waals surface area (Å²) < 4.78 is 8.18. The van der Waals surface area contributed by atoms with E-state index < -0.39 is 0 Å². The van der Waals surface area contributed by atoms with Crippen molar-refractivity contribution >= 4 is 38.4 Å². The number of anilines is 2. The van der Waals surface area contributed by atoms with Crippen LogP contribution in [0.2, 0.25) is 0 Å². The minimum absolute atomic E-state index is 0.127. The molecule has 0 radical (unpaired) electrons. The van der Waals surface area contributed by atoms with Crippen molar-refractivity contribution in [2.75, 3.05) is 4.90 Å². The minimum Gasteiger partial charge on any atom is -0.485 e. The number of nitrogens with zero attached hydrogens (tertiary/aromatic N) is 1. The second kappa shape index (κ2) is 15.8. The normalized spacial score (nSPS) is 26.7. The monoisotopic (exact) mass is 851 g/mol. The van der Waals surface area contributed by atoms with E-state index in [0.29, 0.717) is 17.8 Å². The van der Waals surface area contributed by atoms with Crippen LogP contribution in [0.1, 0.15) is 128 Å². The number of fused-ring (bicyclic) bond motifs is 8. The lowest BCUT2D eigenvalue weighted by molar-refractivity contribution is 0.141. The third-order valence-electron chi connectivity index (χ3n) is 16.4. The van der Waals surface area contributed by atoms with Crippen LogP contribution in [0.3, 0.4) is 0 Å². The summed E-state index contributed by atoms with van der Waals surface area (Å²) in [6.45, 7) is 0. The summed E-state index contributed by atoms with van der Waals surface area (Å²) in [4.78, 5) is 4.19. The van der Waals surface area contributed by atoms with Crippen molar-refractivity contribution < 1.29 is 4.74 Å². The third kappa shape index (κ3) is 6.09. The van der Waals surface area contributed by atoms with Gasteiger partial charge in [0, 0.05) is 43.6 Å². The van der Waals surface area contributed by atoms with Gasteiger partial charge in [-0.25, -0.2) is 0 Å². The topological polar surface area (TPSA) is 12.5 Å². The van der Waals surface area contributed by atoms with E-state index in [4.69, 9.17) is 4.74 Å². The summed E-state index contributed by atoms with van der Waals surface area (Å²) in [5.41, 5.74) is 19.1. The van der Waals surface area contributed by atoms with Crippen LogP contribution in [0.25, 0.3) is 15.7 Å². The molecule has 0 fully saturated rings. The van der Waals surface area contributed by atoms with Gasteiger partial charge < -0.3 is 9.64 Å². The van der Waals surface area contributed by atoms with Crippen LogP contribution in [-0.4, -0.2) is 6.10 Å². The van der Waals surface area contributed by atoms with E-state index in [1.165, 1.54) is 85.6 Å². The number of aryl methyl sites for hydroxylation is 1. The molecule has 5 atom stereocenters. The Balaban J connectivity index is 0.956. The number of hydrogen-bond acceptors (Lipinski definition) is 3. The van der Waals surface area contributed by atoms with Crippen molar-refractivity contribution in [1.82, 2.24) is 0 Å². The van der Waals surface area contributed by atoms with Gasteiger partial charge in [-0.05, 0) is 188 Å². The third-order valence-corrected chi connectivity index (χ3v) is 17.6. The van der Waals surface area contributed by atoms with Crippen molar-refractivity contribution in [1.29, 1.82) is 0 Å². The van der Waals surface area contributed by atoms with Crippen molar-refractivity contribution in [3.05, 3.63) is 218 Å². The lowest BCUT2D eigenvalue weighted by Gasteiger charge is -2.45. The number of allylic oxidation sites excluding steroid dienone is 12. The largest absolute Gasteiger partial charge is 0.485 e. The van der Waals surface area contributed by atoms with Crippen LogP contribution in [0, 0.1) is 5.92 Å². The molecule has 0 bridgehead atoms. The lowest BCUT2D eigenvalue weighted by atomic mass is 9.58. The SMILES string of the molecule is C1=CCC(C2(C3=CCCCC3)C3=C(c4ccc(N(C5=CCC(c6ccccc6)CC5)c5ccc(C6CCC=C7C8=C(C=CCC8)OC76)cc5)cc42)c2sc4ccccc4c2CC3)C=C1. The van der Waals surface area contributed by atoms with E-state index in [0.717, 1.165) is 70.0 Å². The molecule has 5 aromatic rings. The highest BCUT2D eigenvalue weighted by molar-refractivity contribution is 7.20. The van der Waals surface area contributed by atoms with Gasteiger partial charge in [0.05, 0.1) is 0 Å². The molecule has 2 nitrogen and oxygen atoms in total. The number of benzene rings is 4. The van der Waals surface area contributed by atoms with Crippen molar-refractivity contribution in [3.8, 4) is 0 Å². The molecule has 64 heavy (non-hydrogen) atoms. The van der Waals surface area contributed by atoms with Crippen LogP contribution in [-0.2, 0) is 16.6 Å². The molecule has 0 saturated heterocycles. The van der Waals surface area contributed by atoms with Crippen molar-refractivity contribution in [2.24, 2.45) is 5.92 Å². The maximum Gasteiger partial charge on any atom is 0.131 e. The maximum absolute atomic E-state index is 6.75. The molecule has 3 heteroatoms.